The van der Waals surface area contributed by atoms with Crippen LogP contribution in [0.25, 0.3) is 10.9 Å². The standard InChI is InChI=1S/C17H23N3O/c1-12(2)20-10-5-7-15(17(20)21)18-14-6-4-8-16-13(14)9-11-19(16)3/h4,6,8-9,11-12,15,18H,5,7,10H2,1-3H3. The molecule has 1 unspecified atom stereocenters. The van der Waals surface area contributed by atoms with E-state index in [2.05, 4.69) is 48.1 Å². The van der Waals surface area contributed by atoms with Gasteiger partial charge in [0.15, 0.2) is 0 Å². The lowest BCUT2D eigenvalue weighted by Crippen LogP contribution is -2.50. The zero-order valence-electron chi connectivity index (χ0n) is 13.0. The summed E-state index contributed by atoms with van der Waals surface area (Å²) in [4.78, 5) is 14.5. The minimum atomic E-state index is -0.105. The second-order valence-corrected chi connectivity index (χ2v) is 6.13. The van der Waals surface area contributed by atoms with Gasteiger partial charge in [-0.25, -0.2) is 0 Å². The summed E-state index contributed by atoms with van der Waals surface area (Å²) in [6.07, 6.45) is 4.02. The Kier molecular flexibility index (Phi) is 3.62. The van der Waals surface area contributed by atoms with E-state index in [9.17, 15) is 4.79 Å². The van der Waals surface area contributed by atoms with Crippen LogP contribution in [-0.2, 0) is 11.8 Å². The quantitative estimate of drug-likeness (QED) is 0.941. The molecule has 2 heterocycles. The number of aryl methyl sites for hydroxylation is 1. The van der Waals surface area contributed by atoms with Gasteiger partial charge >= 0.3 is 0 Å². The van der Waals surface area contributed by atoms with Crippen molar-refractivity contribution in [3.63, 3.8) is 0 Å². The highest BCUT2D eigenvalue weighted by Crippen LogP contribution is 2.26. The van der Waals surface area contributed by atoms with Crippen molar-refractivity contribution in [3.05, 3.63) is 30.5 Å². The number of hydrogen-bond acceptors (Lipinski definition) is 2. The topological polar surface area (TPSA) is 37.3 Å². The van der Waals surface area contributed by atoms with E-state index < -0.39 is 0 Å². The van der Waals surface area contributed by atoms with Gasteiger partial charge in [0.05, 0.1) is 0 Å². The Balaban J connectivity index is 1.86. The highest BCUT2D eigenvalue weighted by Gasteiger charge is 2.30. The van der Waals surface area contributed by atoms with E-state index in [0.717, 1.165) is 25.1 Å². The van der Waals surface area contributed by atoms with E-state index in [1.165, 1.54) is 10.9 Å². The predicted octanol–water partition coefficient (Wildman–Crippen LogP) is 2.99. The average Bonchev–Trinajstić information content (AvgIpc) is 2.84. The number of nitrogens with zero attached hydrogens (tertiary/aromatic N) is 2. The van der Waals surface area contributed by atoms with Crippen molar-refractivity contribution in [2.45, 2.75) is 38.8 Å². The van der Waals surface area contributed by atoms with Crippen molar-refractivity contribution in [1.29, 1.82) is 0 Å². The molecule has 0 saturated carbocycles. The first-order chi connectivity index (χ1) is 10.1. The Morgan fingerprint density at radius 2 is 2.10 bits per heavy atom. The summed E-state index contributed by atoms with van der Waals surface area (Å²) in [5.74, 6) is 0.226. The van der Waals surface area contributed by atoms with Crippen molar-refractivity contribution in [3.8, 4) is 0 Å². The molecule has 1 fully saturated rings. The highest BCUT2D eigenvalue weighted by molar-refractivity contribution is 5.95. The molecule has 1 aliphatic heterocycles. The van der Waals surface area contributed by atoms with Gasteiger partial charge in [0.2, 0.25) is 5.91 Å². The minimum absolute atomic E-state index is 0.105. The van der Waals surface area contributed by atoms with Gasteiger partial charge in [-0.1, -0.05) is 6.07 Å². The lowest BCUT2D eigenvalue weighted by molar-refractivity contribution is -0.136. The van der Waals surface area contributed by atoms with Crippen LogP contribution in [0.15, 0.2) is 30.5 Å². The molecule has 2 aromatic rings. The van der Waals surface area contributed by atoms with Crippen LogP contribution in [0.1, 0.15) is 26.7 Å². The van der Waals surface area contributed by atoms with Crippen LogP contribution in [-0.4, -0.2) is 34.0 Å². The molecule has 1 aromatic heterocycles. The molecule has 1 N–H and O–H groups in total. The number of piperidine rings is 1. The zero-order valence-corrected chi connectivity index (χ0v) is 13.0. The van der Waals surface area contributed by atoms with E-state index >= 15 is 0 Å². The lowest BCUT2D eigenvalue weighted by atomic mass is 10.0. The van der Waals surface area contributed by atoms with Gasteiger partial charge in [0.1, 0.15) is 6.04 Å². The zero-order chi connectivity index (χ0) is 15.0. The number of fused-ring (bicyclic) bond motifs is 1. The minimum Gasteiger partial charge on any atom is -0.373 e. The van der Waals surface area contributed by atoms with E-state index in [4.69, 9.17) is 0 Å². The number of rotatable bonds is 3. The molecule has 4 nitrogen and oxygen atoms in total. The van der Waals surface area contributed by atoms with Gasteiger partial charge in [0.25, 0.3) is 0 Å². The Morgan fingerprint density at radius 1 is 1.29 bits per heavy atom. The van der Waals surface area contributed by atoms with Crippen LogP contribution in [0.2, 0.25) is 0 Å². The molecule has 3 rings (SSSR count). The maximum absolute atomic E-state index is 12.6. The van der Waals surface area contributed by atoms with Crippen molar-refractivity contribution in [1.82, 2.24) is 9.47 Å². The molecule has 1 amide bonds. The van der Waals surface area contributed by atoms with Gasteiger partial charge in [-0.2, -0.15) is 0 Å². The van der Waals surface area contributed by atoms with E-state index in [1.807, 2.05) is 18.0 Å². The predicted molar refractivity (Wildman–Crippen MR) is 86.4 cm³/mol. The molecule has 1 atom stereocenters. The van der Waals surface area contributed by atoms with Crippen LogP contribution in [0.3, 0.4) is 0 Å². The molecule has 112 valence electrons. The largest absolute Gasteiger partial charge is 0.373 e. The van der Waals surface area contributed by atoms with Crippen LogP contribution < -0.4 is 5.32 Å². The lowest BCUT2D eigenvalue weighted by Gasteiger charge is -2.35. The number of anilines is 1. The molecule has 1 saturated heterocycles. The second kappa shape index (κ2) is 5.43. The number of amides is 1. The van der Waals surface area contributed by atoms with Gasteiger partial charge in [-0.05, 0) is 44.9 Å². The smallest absolute Gasteiger partial charge is 0.245 e. The summed E-state index contributed by atoms with van der Waals surface area (Å²) in [5, 5.41) is 4.64. The Bertz CT molecular complexity index is 659. The molecule has 0 radical (unpaired) electrons. The fourth-order valence-corrected chi connectivity index (χ4v) is 3.16. The van der Waals surface area contributed by atoms with Crippen LogP contribution in [0, 0.1) is 0 Å². The van der Waals surface area contributed by atoms with Crippen molar-refractivity contribution < 1.29 is 4.79 Å². The second-order valence-electron chi connectivity index (χ2n) is 6.13. The molecule has 1 aliphatic rings. The SMILES string of the molecule is CC(C)N1CCCC(Nc2cccc3c2ccn3C)C1=O. The number of aromatic nitrogens is 1. The molecule has 0 aliphatic carbocycles. The molecule has 21 heavy (non-hydrogen) atoms. The van der Waals surface area contributed by atoms with Crippen LogP contribution >= 0.6 is 0 Å². The first kappa shape index (κ1) is 14.0. The van der Waals surface area contributed by atoms with Crippen molar-refractivity contribution in [2.24, 2.45) is 7.05 Å². The highest BCUT2D eigenvalue weighted by atomic mass is 16.2. The first-order valence-corrected chi connectivity index (χ1v) is 7.69. The molecular weight excluding hydrogens is 262 g/mol. The Labute approximate surface area is 125 Å². The van der Waals surface area contributed by atoms with Gasteiger partial charge in [-0.3, -0.25) is 4.79 Å². The summed E-state index contributed by atoms with van der Waals surface area (Å²) >= 11 is 0. The maximum atomic E-state index is 12.6. The number of carbonyl (C=O) groups is 1. The average molecular weight is 285 g/mol. The van der Waals surface area contributed by atoms with E-state index in [0.29, 0.717) is 0 Å². The molecule has 0 bridgehead atoms. The first-order valence-electron chi connectivity index (χ1n) is 7.69. The Hall–Kier alpha value is -1.97. The van der Waals surface area contributed by atoms with E-state index in [1.54, 1.807) is 0 Å². The van der Waals surface area contributed by atoms with Gasteiger partial charge in [-0.15, -0.1) is 0 Å². The maximum Gasteiger partial charge on any atom is 0.245 e. The molecule has 0 spiro atoms. The van der Waals surface area contributed by atoms with E-state index in [-0.39, 0.29) is 18.0 Å². The number of likely N-dealkylation sites (tertiary alicyclic amines) is 1. The van der Waals surface area contributed by atoms with Crippen LogP contribution in [0.5, 0.6) is 0 Å². The Morgan fingerprint density at radius 3 is 2.86 bits per heavy atom. The summed E-state index contributed by atoms with van der Waals surface area (Å²) in [6.45, 7) is 5.04. The molecule has 4 heteroatoms. The third-order valence-electron chi connectivity index (χ3n) is 4.35. The third kappa shape index (κ3) is 2.50. The summed E-state index contributed by atoms with van der Waals surface area (Å²) in [6, 6.07) is 8.47. The fraction of sp³-hybridized carbons (Fsp3) is 0.471. The van der Waals surface area contributed by atoms with Crippen LogP contribution in [0.4, 0.5) is 5.69 Å². The fourth-order valence-electron chi connectivity index (χ4n) is 3.16. The third-order valence-corrected chi connectivity index (χ3v) is 4.35. The van der Waals surface area contributed by atoms with Crippen molar-refractivity contribution >= 4 is 22.5 Å². The van der Waals surface area contributed by atoms with Gasteiger partial charge < -0.3 is 14.8 Å². The number of nitrogens with one attached hydrogen (secondary N) is 1. The molecular formula is C17H23N3O. The van der Waals surface area contributed by atoms with Gasteiger partial charge in [0, 0.05) is 42.4 Å². The van der Waals surface area contributed by atoms with Crippen molar-refractivity contribution in [2.75, 3.05) is 11.9 Å². The number of benzene rings is 1. The normalized spacial score (nSPS) is 19.5. The number of hydrogen-bond donors (Lipinski definition) is 1. The summed E-state index contributed by atoms with van der Waals surface area (Å²) in [5.41, 5.74) is 2.24. The number of carbonyl (C=O) groups excluding carboxylic acids is 1. The molecule has 1 aromatic carbocycles. The summed E-state index contributed by atoms with van der Waals surface area (Å²) < 4.78 is 2.10. The monoisotopic (exact) mass is 285 g/mol. The summed E-state index contributed by atoms with van der Waals surface area (Å²) in [7, 11) is 2.04.